The number of ether oxygens (including phenoxy) is 2. The number of thioether (sulfide) groups is 1. The highest BCUT2D eigenvalue weighted by Gasteiger charge is 2.32. The van der Waals surface area contributed by atoms with E-state index >= 15 is 0 Å². The summed E-state index contributed by atoms with van der Waals surface area (Å²) in [5, 5.41) is 10.1. The van der Waals surface area contributed by atoms with Crippen LogP contribution < -0.4 is 9.47 Å². The number of rotatable bonds is 13. The summed E-state index contributed by atoms with van der Waals surface area (Å²) in [4.78, 5) is 28.4. The molecule has 1 saturated heterocycles. The molecule has 1 amide bonds. The van der Waals surface area contributed by atoms with E-state index in [0.29, 0.717) is 62.5 Å². The average Bonchev–Trinajstić information content (AvgIpc) is 3.19. The number of halogens is 2. The summed E-state index contributed by atoms with van der Waals surface area (Å²) in [7, 11) is 3.95. The molecule has 1 fully saturated rings. The van der Waals surface area contributed by atoms with Gasteiger partial charge in [0.25, 0.3) is 5.91 Å². The lowest BCUT2D eigenvalue weighted by Gasteiger charge is -2.15. The van der Waals surface area contributed by atoms with Crippen molar-refractivity contribution in [1.82, 2.24) is 9.80 Å². The maximum Gasteiger partial charge on any atom is 0.307 e. The number of benzene rings is 3. The number of hydrogen-bond donors (Lipinski definition) is 1. The summed E-state index contributed by atoms with van der Waals surface area (Å²) in [5.41, 5.74) is 3.08. The molecular formula is C31H30Cl2N2O5S2. The standard InChI is InChI=1S/C31H30Cl2N2O5S2/c1-34(2)12-14-40-27-10-7-21(25-9-8-23(32)19-26(25)33)17-22(27)18-28-30(38)35(31(41)42-28)11-4-13-39-24-6-3-5-20(15-24)16-29(36)37/h3,5-10,15,17-19H,4,11-14,16H2,1-2H3,(H,36,37). The van der Waals surface area contributed by atoms with Crippen LogP contribution in [0.2, 0.25) is 10.0 Å². The third kappa shape index (κ3) is 8.72. The van der Waals surface area contributed by atoms with Crippen molar-refractivity contribution in [2.75, 3.05) is 40.4 Å². The van der Waals surface area contributed by atoms with E-state index in [9.17, 15) is 9.59 Å². The highest BCUT2D eigenvalue weighted by atomic mass is 35.5. The van der Waals surface area contributed by atoms with E-state index in [-0.39, 0.29) is 12.3 Å². The van der Waals surface area contributed by atoms with Crippen LogP contribution in [0.15, 0.2) is 65.6 Å². The van der Waals surface area contributed by atoms with E-state index in [2.05, 4.69) is 0 Å². The Bertz CT molecular complexity index is 1510. The van der Waals surface area contributed by atoms with E-state index in [1.807, 2.05) is 49.3 Å². The van der Waals surface area contributed by atoms with Gasteiger partial charge in [-0.05, 0) is 74.1 Å². The number of likely N-dealkylation sites (N-methyl/N-ethyl adjacent to an activating group) is 1. The zero-order valence-corrected chi connectivity index (χ0v) is 26.3. The molecule has 1 aliphatic rings. The normalized spacial score (nSPS) is 14.2. The van der Waals surface area contributed by atoms with Crippen molar-refractivity contribution in [3.8, 4) is 22.6 Å². The molecule has 0 aromatic heterocycles. The summed E-state index contributed by atoms with van der Waals surface area (Å²) < 4.78 is 12.3. The predicted octanol–water partition coefficient (Wildman–Crippen LogP) is 6.90. The molecule has 1 N–H and O–H groups in total. The van der Waals surface area contributed by atoms with Crippen LogP contribution in [0.3, 0.4) is 0 Å². The summed E-state index contributed by atoms with van der Waals surface area (Å²) in [5.74, 6) is 0.154. The molecule has 220 valence electrons. The smallest absolute Gasteiger partial charge is 0.307 e. The van der Waals surface area contributed by atoms with Crippen molar-refractivity contribution >= 4 is 69.5 Å². The Morgan fingerprint density at radius 2 is 1.88 bits per heavy atom. The van der Waals surface area contributed by atoms with Crippen LogP contribution in [-0.2, 0) is 16.0 Å². The molecule has 3 aromatic rings. The average molecular weight is 646 g/mol. The Morgan fingerprint density at radius 3 is 2.62 bits per heavy atom. The van der Waals surface area contributed by atoms with Gasteiger partial charge in [0, 0.05) is 34.3 Å². The second kappa shape index (κ2) is 14.9. The van der Waals surface area contributed by atoms with Crippen LogP contribution in [0, 0.1) is 0 Å². The zero-order valence-electron chi connectivity index (χ0n) is 23.1. The highest BCUT2D eigenvalue weighted by Crippen LogP contribution is 2.37. The molecule has 1 aliphatic heterocycles. The Balaban J connectivity index is 1.47. The zero-order chi connectivity index (χ0) is 30.2. The lowest BCUT2D eigenvalue weighted by atomic mass is 10.0. The molecule has 0 spiro atoms. The maximum atomic E-state index is 13.4. The number of nitrogens with zero attached hydrogens (tertiary/aromatic N) is 2. The molecule has 3 aromatic carbocycles. The van der Waals surface area contributed by atoms with Crippen molar-refractivity contribution < 1.29 is 24.2 Å². The number of carboxylic acids is 1. The van der Waals surface area contributed by atoms with Crippen LogP contribution in [0.4, 0.5) is 0 Å². The van der Waals surface area contributed by atoms with Crippen molar-refractivity contribution in [3.05, 3.63) is 86.7 Å². The quantitative estimate of drug-likeness (QED) is 0.122. The number of carbonyl (C=O) groups is 2. The van der Waals surface area contributed by atoms with E-state index in [0.717, 1.165) is 23.2 Å². The number of aliphatic carboxylic acids is 1. The van der Waals surface area contributed by atoms with Crippen LogP contribution in [0.25, 0.3) is 17.2 Å². The van der Waals surface area contributed by atoms with Crippen molar-refractivity contribution in [3.63, 3.8) is 0 Å². The molecule has 0 bridgehead atoms. The van der Waals surface area contributed by atoms with E-state index in [4.69, 9.17) is 50.0 Å². The highest BCUT2D eigenvalue weighted by molar-refractivity contribution is 8.26. The third-order valence-corrected chi connectivity index (χ3v) is 8.18. The summed E-state index contributed by atoms with van der Waals surface area (Å²) >= 11 is 19.4. The summed E-state index contributed by atoms with van der Waals surface area (Å²) in [6, 6.07) is 18.1. The largest absolute Gasteiger partial charge is 0.494 e. The number of amides is 1. The molecule has 42 heavy (non-hydrogen) atoms. The van der Waals surface area contributed by atoms with Gasteiger partial charge in [0.2, 0.25) is 0 Å². The first kappa shape index (κ1) is 31.8. The summed E-state index contributed by atoms with van der Waals surface area (Å²) in [6.07, 6.45) is 2.28. The summed E-state index contributed by atoms with van der Waals surface area (Å²) in [6.45, 7) is 1.96. The minimum atomic E-state index is -0.901. The molecule has 0 radical (unpaired) electrons. The fraction of sp³-hybridized carbons (Fsp3) is 0.258. The Kier molecular flexibility index (Phi) is 11.3. The fourth-order valence-corrected chi connectivity index (χ4v) is 6.01. The maximum absolute atomic E-state index is 13.4. The first-order valence-electron chi connectivity index (χ1n) is 13.2. The topological polar surface area (TPSA) is 79.3 Å². The van der Waals surface area contributed by atoms with Gasteiger partial charge in [-0.15, -0.1) is 0 Å². The first-order chi connectivity index (χ1) is 20.1. The second-order valence-corrected chi connectivity index (χ2v) is 12.3. The fourth-order valence-electron chi connectivity index (χ4n) is 4.19. The monoisotopic (exact) mass is 644 g/mol. The van der Waals surface area contributed by atoms with Gasteiger partial charge in [0.1, 0.15) is 22.4 Å². The number of hydrogen-bond acceptors (Lipinski definition) is 7. The van der Waals surface area contributed by atoms with Gasteiger partial charge >= 0.3 is 5.97 Å². The van der Waals surface area contributed by atoms with E-state index in [1.165, 1.54) is 11.8 Å². The molecule has 7 nitrogen and oxygen atoms in total. The molecule has 4 rings (SSSR count). The van der Waals surface area contributed by atoms with Crippen LogP contribution in [-0.4, -0.2) is 71.5 Å². The Hall–Kier alpha value is -3.08. The molecule has 0 aliphatic carbocycles. The number of thiocarbonyl (C=S) groups is 1. The Labute approximate surface area is 265 Å². The molecule has 0 atom stereocenters. The predicted molar refractivity (Wildman–Crippen MR) is 174 cm³/mol. The van der Waals surface area contributed by atoms with Gasteiger partial charge in [-0.1, -0.05) is 71.4 Å². The molecular weight excluding hydrogens is 615 g/mol. The van der Waals surface area contributed by atoms with E-state index < -0.39 is 5.97 Å². The molecule has 0 unspecified atom stereocenters. The van der Waals surface area contributed by atoms with Gasteiger partial charge in [-0.3, -0.25) is 14.5 Å². The number of carboxylic acid groups (broad SMARTS) is 1. The van der Waals surface area contributed by atoms with Crippen LogP contribution in [0.5, 0.6) is 11.5 Å². The van der Waals surface area contributed by atoms with Crippen molar-refractivity contribution in [1.29, 1.82) is 0 Å². The van der Waals surface area contributed by atoms with Gasteiger partial charge in [-0.25, -0.2) is 0 Å². The first-order valence-corrected chi connectivity index (χ1v) is 15.1. The van der Waals surface area contributed by atoms with Crippen molar-refractivity contribution in [2.45, 2.75) is 12.8 Å². The van der Waals surface area contributed by atoms with Crippen LogP contribution in [0.1, 0.15) is 17.5 Å². The van der Waals surface area contributed by atoms with Gasteiger partial charge < -0.3 is 19.5 Å². The molecule has 0 saturated carbocycles. The third-order valence-electron chi connectivity index (χ3n) is 6.26. The van der Waals surface area contributed by atoms with Gasteiger partial charge in [0.05, 0.1) is 17.9 Å². The minimum Gasteiger partial charge on any atom is -0.494 e. The van der Waals surface area contributed by atoms with E-state index in [1.54, 1.807) is 41.3 Å². The molecule has 1 heterocycles. The SMILES string of the molecule is CN(C)CCOc1ccc(-c2ccc(Cl)cc2Cl)cc1C=C1SC(=S)N(CCCOc2cccc(CC(=O)O)c2)C1=O. The van der Waals surface area contributed by atoms with Crippen LogP contribution >= 0.6 is 47.2 Å². The van der Waals surface area contributed by atoms with Crippen molar-refractivity contribution in [2.24, 2.45) is 0 Å². The Morgan fingerprint density at radius 1 is 1.07 bits per heavy atom. The minimum absolute atomic E-state index is 0.0713. The molecule has 11 heteroatoms. The lowest BCUT2D eigenvalue weighted by molar-refractivity contribution is -0.136. The van der Waals surface area contributed by atoms with Gasteiger partial charge in [-0.2, -0.15) is 0 Å². The lowest BCUT2D eigenvalue weighted by Crippen LogP contribution is -2.29. The second-order valence-electron chi connectivity index (χ2n) is 9.78. The van der Waals surface area contributed by atoms with Gasteiger partial charge in [0.15, 0.2) is 0 Å². The number of carbonyl (C=O) groups excluding carboxylic acids is 1.